The molecule has 0 atom stereocenters. The molecule has 1 aliphatic rings. The van der Waals surface area contributed by atoms with Crippen molar-refractivity contribution in [2.45, 2.75) is 6.92 Å². The molecule has 0 radical (unpaired) electrons. The minimum atomic E-state index is -3.57. The van der Waals surface area contributed by atoms with Gasteiger partial charge in [0.1, 0.15) is 12.3 Å². The predicted octanol–water partition coefficient (Wildman–Crippen LogP) is 2.12. The molecule has 2 aromatic carbocycles. The average molecular weight is 418 g/mol. The van der Waals surface area contributed by atoms with Gasteiger partial charge in [-0.25, -0.2) is 8.42 Å². The SMILES string of the molecule is COc1ccc(N2CCN(C(=O)CN(c3cccc(C)c3)S(C)(=O)=O)CC2)cc1. The number of hydrogen-bond donors (Lipinski definition) is 0. The minimum Gasteiger partial charge on any atom is -0.497 e. The van der Waals surface area contributed by atoms with Crippen LogP contribution >= 0.6 is 0 Å². The molecule has 0 saturated carbocycles. The fourth-order valence-electron chi connectivity index (χ4n) is 3.41. The molecule has 8 heteroatoms. The largest absolute Gasteiger partial charge is 0.497 e. The summed E-state index contributed by atoms with van der Waals surface area (Å²) in [6, 6.07) is 15.0. The molecule has 0 aromatic heterocycles. The van der Waals surface area contributed by atoms with E-state index < -0.39 is 10.0 Å². The first kappa shape index (κ1) is 21.0. The second kappa shape index (κ2) is 8.73. The van der Waals surface area contributed by atoms with E-state index in [-0.39, 0.29) is 12.5 Å². The van der Waals surface area contributed by atoms with Crippen LogP contribution in [-0.4, -0.2) is 65.3 Å². The van der Waals surface area contributed by atoms with Gasteiger partial charge in [-0.15, -0.1) is 0 Å². The van der Waals surface area contributed by atoms with Crippen molar-refractivity contribution in [2.24, 2.45) is 0 Å². The number of sulfonamides is 1. The molecule has 1 heterocycles. The van der Waals surface area contributed by atoms with Gasteiger partial charge < -0.3 is 14.5 Å². The summed E-state index contributed by atoms with van der Waals surface area (Å²) in [4.78, 5) is 16.8. The lowest BCUT2D eigenvalue weighted by molar-refractivity contribution is -0.129. The predicted molar refractivity (Wildman–Crippen MR) is 115 cm³/mol. The van der Waals surface area contributed by atoms with Gasteiger partial charge in [-0.05, 0) is 48.9 Å². The van der Waals surface area contributed by atoms with Crippen LogP contribution in [0.3, 0.4) is 0 Å². The monoisotopic (exact) mass is 417 g/mol. The van der Waals surface area contributed by atoms with Crippen molar-refractivity contribution in [1.29, 1.82) is 0 Å². The standard InChI is InChI=1S/C21H27N3O4S/c1-17-5-4-6-19(15-17)24(29(3,26)27)16-21(25)23-13-11-22(12-14-23)18-7-9-20(28-2)10-8-18/h4-10,15H,11-14,16H2,1-3H3. The van der Waals surface area contributed by atoms with Crippen LogP contribution in [0.15, 0.2) is 48.5 Å². The maximum atomic E-state index is 12.8. The highest BCUT2D eigenvalue weighted by Gasteiger charge is 2.26. The minimum absolute atomic E-state index is 0.189. The number of rotatable bonds is 6. The Bertz CT molecular complexity index is 952. The number of benzene rings is 2. The number of carbonyl (C=O) groups is 1. The molecule has 1 fully saturated rings. The Balaban J connectivity index is 1.64. The van der Waals surface area contributed by atoms with Crippen molar-refractivity contribution >= 4 is 27.3 Å². The highest BCUT2D eigenvalue weighted by atomic mass is 32.2. The lowest BCUT2D eigenvalue weighted by atomic mass is 10.2. The molecule has 29 heavy (non-hydrogen) atoms. The van der Waals surface area contributed by atoms with E-state index in [1.54, 1.807) is 30.2 Å². The first-order valence-electron chi connectivity index (χ1n) is 9.49. The number of carbonyl (C=O) groups excluding carboxylic acids is 1. The number of hydrogen-bond acceptors (Lipinski definition) is 5. The van der Waals surface area contributed by atoms with Crippen molar-refractivity contribution < 1.29 is 17.9 Å². The van der Waals surface area contributed by atoms with Gasteiger partial charge >= 0.3 is 0 Å². The number of piperazine rings is 1. The molecular formula is C21H27N3O4S. The molecule has 0 aliphatic carbocycles. The quantitative estimate of drug-likeness (QED) is 0.720. The highest BCUT2D eigenvalue weighted by molar-refractivity contribution is 7.92. The molecular weight excluding hydrogens is 390 g/mol. The van der Waals surface area contributed by atoms with Gasteiger partial charge in [-0.1, -0.05) is 12.1 Å². The van der Waals surface area contributed by atoms with Gasteiger partial charge in [0.05, 0.1) is 19.1 Å². The molecule has 0 unspecified atom stereocenters. The Hall–Kier alpha value is -2.74. The number of nitrogens with zero attached hydrogens (tertiary/aromatic N) is 3. The Kier molecular flexibility index (Phi) is 6.32. The summed E-state index contributed by atoms with van der Waals surface area (Å²) in [5.41, 5.74) is 2.53. The van der Waals surface area contributed by atoms with E-state index in [0.29, 0.717) is 31.9 Å². The van der Waals surface area contributed by atoms with E-state index in [4.69, 9.17) is 4.74 Å². The van der Waals surface area contributed by atoms with Crippen molar-refractivity contribution in [3.05, 3.63) is 54.1 Å². The molecule has 1 amide bonds. The number of anilines is 2. The zero-order chi connectivity index (χ0) is 21.0. The van der Waals surface area contributed by atoms with E-state index >= 15 is 0 Å². The Morgan fingerprint density at radius 3 is 2.28 bits per heavy atom. The molecule has 2 aromatic rings. The summed E-state index contributed by atoms with van der Waals surface area (Å²) in [5.74, 6) is 0.617. The van der Waals surface area contributed by atoms with E-state index in [0.717, 1.165) is 23.3 Å². The lowest BCUT2D eigenvalue weighted by Crippen LogP contribution is -2.52. The molecule has 3 rings (SSSR count). The van der Waals surface area contributed by atoms with E-state index in [1.807, 2.05) is 37.3 Å². The third-order valence-corrected chi connectivity index (χ3v) is 6.18. The normalized spacial score (nSPS) is 14.6. The maximum absolute atomic E-state index is 12.8. The number of aryl methyl sites for hydroxylation is 1. The smallest absolute Gasteiger partial charge is 0.243 e. The molecule has 1 saturated heterocycles. The van der Waals surface area contributed by atoms with Crippen molar-refractivity contribution in [2.75, 3.05) is 55.3 Å². The van der Waals surface area contributed by atoms with Crippen molar-refractivity contribution in [1.82, 2.24) is 4.90 Å². The van der Waals surface area contributed by atoms with Gasteiger partial charge in [-0.2, -0.15) is 0 Å². The second-order valence-corrected chi connectivity index (χ2v) is 9.08. The summed E-state index contributed by atoms with van der Waals surface area (Å²) < 4.78 is 30.9. The number of methoxy groups -OCH3 is 1. The van der Waals surface area contributed by atoms with Crippen LogP contribution in [0.25, 0.3) is 0 Å². The topological polar surface area (TPSA) is 70.2 Å². The van der Waals surface area contributed by atoms with Crippen molar-refractivity contribution in [3.8, 4) is 5.75 Å². The highest BCUT2D eigenvalue weighted by Crippen LogP contribution is 2.22. The third kappa shape index (κ3) is 5.20. The second-order valence-electron chi connectivity index (χ2n) is 7.17. The third-order valence-electron chi connectivity index (χ3n) is 5.04. The van der Waals surface area contributed by atoms with Crippen LogP contribution in [0, 0.1) is 6.92 Å². The van der Waals surface area contributed by atoms with Gasteiger partial charge in [0.25, 0.3) is 0 Å². The summed E-state index contributed by atoms with van der Waals surface area (Å²) in [7, 11) is -1.93. The fraction of sp³-hybridized carbons (Fsp3) is 0.381. The molecule has 7 nitrogen and oxygen atoms in total. The average Bonchev–Trinajstić information content (AvgIpc) is 2.71. The molecule has 0 N–H and O–H groups in total. The fourth-order valence-corrected chi connectivity index (χ4v) is 4.25. The lowest BCUT2D eigenvalue weighted by Gasteiger charge is -2.37. The van der Waals surface area contributed by atoms with Gasteiger partial charge in [0, 0.05) is 31.9 Å². The summed E-state index contributed by atoms with van der Waals surface area (Å²) >= 11 is 0. The maximum Gasteiger partial charge on any atom is 0.243 e. The van der Waals surface area contributed by atoms with Gasteiger partial charge in [0.15, 0.2) is 0 Å². The Morgan fingerprint density at radius 1 is 1.07 bits per heavy atom. The first-order chi connectivity index (χ1) is 13.8. The molecule has 0 bridgehead atoms. The van der Waals surface area contributed by atoms with E-state index in [2.05, 4.69) is 4.90 Å². The van der Waals surface area contributed by atoms with Crippen molar-refractivity contribution in [3.63, 3.8) is 0 Å². The molecule has 1 aliphatic heterocycles. The molecule has 0 spiro atoms. The Labute approximate surface area is 172 Å². The number of amides is 1. The van der Waals surface area contributed by atoms with Crippen LogP contribution in [0.1, 0.15) is 5.56 Å². The Morgan fingerprint density at radius 2 is 1.72 bits per heavy atom. The van der Waals surface area contributed by atoms with E-state index in [1.165, 1.54) is 4.31 Å². The van der Waals surface area contributed by atoms with E-state index in [9.17, 15) is 13.2 Å². The van der Waals surface area contributed by atoms with Crippen LogP contribution in [-0.2, 0) is 14.8 Å². The zero-order valence-corrected chi connectivity index (χ0v) is 17.9. The summed E-state index contributed by atoms with van der Waals surface area (Å²) in [6.45, 7) is 4.20. The molecule has 156 valence electrons. The van der Waals surface area contributed by atoms with Crippen LogP contribution < -0.4 is 13.9 Å². The summed E-state index contributed by atoms with van der Waals surface area (Å²) in [5, 5.41) is 0. The van der Waals surface area contributed by atoms with Crippen LogP contribution in [0.2, 0.25) is 0 Å². The zero-order valence-electron chi connectivity index (χ0n) is 17.0. The summed E-state index contributed by atoms with van der Waals surface area (Å²) in [6.07, 6.45) is 1.13. The van der Waals surface area contributed by atoms with Gasteiger partial charge in [0.2, 0.25) is 15.9 Å². The van der Waals surface area contributed by atoms with Crippen LogP contribution in [0.5, 0.6) is 5.75 Å². The van der Waals surface area contributed by atoms with Crippen LogP contribution in [0.4, 0.5) is 11.4 Å². The number of ether oxygens (including phenoxy) is 1. The first-order valence-corrected chi connectivity index (χ1v) is 11.3. The van der Waals surface area contributed by atoms with Gasteiger partial charge in [-0.3, -0.25) is 9.10 Å².